The summed E-state index contributed by atoms with van der Waals surface area (Å²) in [5.74, 6) is -2.53. The summed E-state index contributed by atoms with van der Waals surface area (Å²) < 4.78 is 14.2. The molecule has 1 saturated heterocycles. The third-order valence-corrected chi connectivity index (χ3v) is 8.43. The Morgan fingerprint density at radius 3 is 2.52 bits per heavy atom. The maximum atomic E-state index is 14.2. The van der Waals surface area contributed by atoms with E-state index in [1.807, 2.05) is 24.3 Å². The van der Waals surface area contributed by atoms with Crippen molar-refractivity contribution in [3.05, 3.63) is 70.6 Å². The number of rotatable bonds is 6. The van der Waals surface area contributed by atoms with Crippen LogP contribution in [0.25, 0.3) is 5.57 Å². The van der Waals surface area contributed by atoms with E-state index in [-0.39, 0.29) is 28.2 Å². The Balaban J connectivity index is 1.29. The molecule has 3 N–H and O–H groups in total. The van der Waals surface area contributed by atoms with Crippen molar-refractivity contribution in [2.75, 3.05) is 31.5 Å². The van der Waals surface area contributed by atoms with Crippen molar-refractivity contribution in [2.45, 2.75) is 44.5 Å². The number of carboxylic acid groups (broad SMARTS) is 1. The van der Waals surface area contributed by atoms with E-state index >= 15 is 0 Å². The molecule has 0 radical (unpaired) electrons. The Hall–Kier alpha value is -4.16. The molecule has 13 heteroatoms. The Kier molecular flexibility index (Phi) is 8.37. The topological polar surface area (TPSA) is 134 Å². The van der Waals surface area contributed by atoms with E-state index in [1.54, 1.807) is 9.80 Å². The molecule has 5 amide bonds. The molecule has 3 heterocycles. The monoisotopic (exact) mass is 599 g/mol. The number of carbonyl (C=O) groups excluding carboxylic acids is 3. The first-order valence-electron chi connectivity index (χ1n) is 13.7. The van der Waals surface area contributed by atoms with Crippen molar-refractivity contribution in [1.29, 1.82) is 0 Å². The number of aliphatic carboxylic acids is 1. The van der Waals surface area contributed by atoms with Gasteiger partial charge in [-0.1, -0.05) is 41.9 Å². The van der Waals surface area contributed by atoms with Gasteiger partial charge in [0, 0.05) is 48.7 Å². The number of urea groups is 2. The molecular weight excluding hydrogens is 569 g/mol. The predicted molar refractivity (Wildman–Crippen MR) is 152 cm³/mol. The molecule has 0 bridgehead atoms. The summed E-state index contributed by atoms with van der Waals surface area (Å²) in [6, 6.07) is 9.01. The van der Waals surface area contributed by atoms with Crippen molar-refractivity contribution in [3.8, 4) is 0 Å². The van der Waals surface area contributed by atoms with E-state index in [1.165, 1.54) is 25.3 Å². The van der Waals surface area contributed by atoms with Crippen LogP contribution in [0, 0.1) is 5.82 Å². The Morgan fingerprint density at radius 1 is 1.10 bits per heavy atom. The van der Waals surface area contributed by atoms with Gasteiger partial charge in [0.1, 0.15) is 18.4 Å². The zero-order valence-corrected chi connectivity index (χ0v) is 23.6. The third-order valence-electron chi connectivity index (χ3n) is 8.05. The Morgan fingerprint density at radius 2 is 1.81 bits per heavy atom. The molecule has 2 atom stereocenters. The quantitative estimate of drug-likeness (QED) is 0.466. The fourth-order valence-electron chi connectivity index (χ4n) is 5.65. The molecule has 42 heavy (non-hydrogen) atoms. The molecule has 3 aliphatic rings. The summed E-state index contributed by atoms with van der Waals surface area (Å²) in [7, 11) is 0. The van der Waals surface area contributed by atoms with Crippen LogP contribution < -0.4 is 5.32 Å². The lowest BCUT2D eigenvalue weighted by Gasteiger charge is -2.41. The van der Waals surface area contributed by atoms with Crippen molar-refractivity contribution < 1.29 is 33.8 Å². The van der Waals surface area contributed by atoms with E-state index in [0.29, 0.717) is 43.8 Å². The zero-order valence-electron chi connectivity index (χ0n) is 22.9. The van der Waals surface area contributed by atoms with Crippen molar-refractivity contribution in [2.24, 2.45) is 0 Å². The SMILES string of the molecule is CC(C(=O)O)N1C(=O)N(CC(=O)N2CCC(N3CCc4ccccc4NC3=O)CC2)C=C(c2cccc(F)c2Cl)C1O. The maximum Gasteiger partial charge on any atom is 0.327 e. The maximum absolute atomic E-state index is 14.2. The molecule has 2 unspecified atom stereocenters. The van der Waals surface area contributed by atoms with Gasteiger partial charge >= 0.3 is 18.0 Å². The number of likely N-dealkylation sites (tertiary alicyclic amines) is 1. The molecule has 2 aromatic carbocycles. The van der Waals surface area contributed by atoms with Gasteiger partial charge in [-0.15, -0.1) is 0 Å². The van der Waals surface area contributed by atoms with Gasteiger partial charge in [-0.05, 0) is 43.9 Å². The molecule has 11 nitrogen and oxygen atoms in total. The minimum atomic E-state index is -1.74. The molecule has 0 aliphatic carbocycles. The predicted octanol–water partition coefficient (Wildman–Crippen LogP) is 3.43. The van der Waals surface area contributed by atoms with E-state index in [2.05, 4.69) is 5.32 Å². The third kappa shape index (κ3) is 5.64. The second kappa shape index (κ2) is 12.0. The second-order valence-electron chi connectivity index (χ2n) is 10.5. The Labute approximate surface area is 246 Å². The molecule has 0 saturated carbocycles. The second-order valence-corrected chi connectivity index (χ2v) is 10.9. The van der Waals surface area contributed by atoms with Crippen LogP contribution in [-0.2, 0) is 16.0 Å². The van der Waals surface area contributed by atoms with E-state index in [0.717, 1.165) is 22.2 Å². The molecule has 2 aromatic rings. The van der Waals surface area contributed by atoms with Crippen LogP contribution in [0.4, 0.5) is 19.7 Å². The van der Waals surface area contributed by atoms with Gasteiger partial charge in [0.25, 0.3) is 0 Å². The van der Waals surface area contributed by atoms with Crippen molar-refractivity contribution in [3.63, 3.8) is 0 Å². The highest BCUT2D eigenvalue weighted by Crippen LogP contribution is 2.34. The minimum Gasteiger partial charge on any atom is -0.480 e. The molecular formula is C29H31ClFN5O6. The van der Waals surface area contributed by atoms with Gasteiger partial charge in [0.15, 0.2) is 6.23 Å². The van der Waals surface area contributed by atoms with E-state index in [4.69, 9.17) is 11.6 Å². The van der Waals surface area contributed by atoms with E-state index in [9.17, 15) is 33.8 Å². The average Bonchev–Trinajstić information content (AvgIpc) is 3.14. The highest BCUT2D eigenvalue weighted by molar-refractivity contribution is 6.32. The first-order valence-corrected chi connectivity index (χ1v) is 14.0. The summed E-state index contributed by atoms with van der Waals surface area (Å²) >= 11 is 6.14. The lowest BCUT2D eigenvalue weighted by atomic mass is 10.0. The number of fused-ring (bicyclic) bond motifs is 1. The minimum absolute atomic E-state index is 0.0214. The lowest BCUT2D eigenvalue weighted by molar-refractivity contribution is -0.144. The van der Waals surface area contributed by atoms with Gasteiger partial charge in [-0.25, -0.2) is 18.8 Å². The molecule has 1 fully saturated rings. The number of anilines is 1. The smallest absolute Gasteiger partial charge is 0.327 e. The first-order chi connectivity index (χ1) is 20.1. The highest BCUT2D eigenvalue weighted by atomic mass is 35.5. The van der Waals surface area contributed by atoms with Gasteiger partial charge < -0.3 is 25.3 Å². The number of aliphatic hydroxyl groups is 1. The first kappa shape index (κ1) is 29.3. The average molecular weight is 600 g/mol. The molecule has 5 rings (SSSR count). The number of carboxylic acids is 1. The van der Waals surface area contributed by atoms with Crippen LogP contribution in [0.5, 0.6) is 0 Å². The number of amides is 5. The number of piperidine rings is 1. The number of hydrogen-bond acceptors (Lipinski definition) is 5. The number of hydrogen-bond donors (Lipinski definition) is 3. The number of nitrogens with zero attached hydrogens (tertiary/aromatic N) is 4. The summed E-state index contributed by atoms with van der Waals surface area (Å²) in [6.07, 6.45) is 1.28. The largest absolute Gasteiger partial charge is 0.480 e. The van der Waals surface area contributed by atoms with Crippen LogP contribution in [0.15, 0.2) is 48.7 Å². The van der Waals surface area contributed by atoms with Gasteiger partial charge in [-0.2, -0.15) is 0 Å². The van der Waals surface area contributed by atoms with Crippen LogP contribution in [0.1, 0.15) is 30.9 Å². The standard InChI is InChI=1S/C29H31ClFN5O6/c1-17(27(39)40)36-26(38)21(20-6-4-7-22(31)25(20)30)15-34(29(36)42)16-24(37)33-12-10-19(11-13-33)35-14-9-18-5-2-3-8-23(18)32-28(35)41/h2-8,15,17,19,26,38H,9-14,16H2,1H3,(H,32,41)(H,39,40). The van der Waals surface area contributed by atoms with Crippen LogP contribution in [0.2, 0.25) is 5.02 Å². The number of carbonyl (C=O) groups is 4. The van der Waals surface area contributed by atoms with Crippen molar-refractivity contribution in [1.82, 2.24) is 19.6 Å². The number of nitrogens with one attached hydrogen (secondary N) is 1. The van der Waals surface area contributed by atoms with Gasteiger partial charge in [0.05, 0.1) is 5.02 Å². The number of para-hydroxylation sites is 1. The summed E-state index contributed by atoms with van der Waals surface area (Å²) in [6.45, 7) is 2.05. The molecule has 3 aliphatic heterocycles. The normalized spacial score (nSPS) is 20.5. The lowest BCUT2D eigenvalue weighted by Crippen LogP contribution is -2.58. The zero-order chi connectivity index (χ0) is 30.1. The number of benzene rings is 2. The van der Waals surface area contributed by atoms with E-state index < -0.39 is 42.5 Å². The summed E-state index contributed by atoms with van der Waals surface area (Å²) in [4.78, 5) is 56.5. The van der Waals surface area contributed by atoms with Gasteiger partial charge in [-0.3, -0.25) is 14.6 Å². The van der Waals surface area contributed by atoms with Crippen molar-refractivity contribution >= 4 is 46.8 Å². The fraction of sp³-hybridized carbons (Fsp3) is 0.379. The van der Waals surface area contributed by atoms with Crippen LogP contribution in [0.3, 0.4) is 0 Å². The van der Waals surface area contributed by atoms with Gasteiger partial charge in [0.2, 0.25) is 5.91 Å². The van der Waals surface area contributed by atoms with Crippen LogP contribution in [-0.4, -0.2) is 98.2 Å². The number of halogens is 2. The Bertz CT molecular complexity index is 1450. The molecule has 0 spiro atoms. The summed E-state index contributed by atoms with van der Waals surface area (Å²) in [5.41, 5.74) is 1.91. The fourth-order valence-corrected chi connectivity index (χ4v) is 5.88. The molecule has 222 valence electrons. The number of aliphatic hydroxyl groups excluding tert-OH is 1. The molecule has 0 aromatic heterocycles. The van der Waals surface area contributed by atoms with Crippen LogP contribution >= 0.6 is 11.6 Å². The summed E-state index contributed by atoms with van der Waals surface area (Å²) in [5, 5.41) is 23.2. The highest BCUT2D eigenvalue weighted by Gasteiger charge is 2.41.